The Morgan fingerprint density at radius 1 is 1.18 bits per heavy atom. The van der Waals surface area contributed by atoms with Gasteiger partial charge in [-0.1, -0.05) is 6.92 Å². The van der Waals surface area contributed by atoms with Gasteiger partial charge in [-0.25, -0.2) is 4.79 Å². The molecule has 1 rings (SSSR count). The van der Waals surface area contributed by atoms with Crippen molar-refractivity contribution in [1.29, 1.82) is 0 Å². The van der Waals surface area contributed by atoms with Crippen molar-refractivity contribution in [2.45, 2.75) is 13.3 Å². The Balaban J connectivity index is 2.45. The molecule has 1 N–H and O–H groups in total. The maximum atomic E-state index is 10.9. The molecule has 0 radical (unpaired) electrons. The first-order valence-corrected chi connectivity index (χ1v) is 7.37. The van der Waals surface area contributed by atoms with E-state index < -0.39 is 5.97 Å². The van der Waals surface area contributed by atoms with Crippen molar-refractivity contribution < 1.29 is 24.1 Å². The Morgan fingerprint density at radius 3 is 2.55 bits per heavy atom. The van der Waals surface area contributed by atoms with E-state index >= 15 is 0 Å². The molecule has 124 valence electrons. The van der Waals surface area contributed by atoms with Crippen molar-refractivity contribution in [2.24, 2.45) is 0 Å². The van der Waals surface area contributed by atoms with Gasteiger partial charge in [-0.15, -0.1) is 0 Å². The lowest BCUT2D eigenvalue weighted by Gasteiger charge is -2.20. The van der Waals surface area contributed by atoms with E-state index in [-0.39, 0.29) is 5.56 Å². The summed E-state index contributed by atoms with van der Waals surface area (Å²) >= 11 is 0. The molecule has 0 amide bonds. The van der Waals surface area contributed by atoms with Crippen LogP contribution >= 0.6 is 0 Å². The largest absolute Gasteiger partial charge is 0.493 e. The standard InChI is InChI=1S/C16H25NO5/c1-4-17(9-11-20-2)8-5-10-22-14-7-6-13(16(18)19)12-15(14)21-3/h6-7,12H,4-5,8-11H2,1-3H3,(H,18,19). The van der Waals surface area contributed by atoms with Crippen LogP contribution in [0.2, 0.25) is 0 Å². The third-order valence-electron chi connectivity index (χ3n) is 3.35. The van der Waals surface area contributed by atoms with Crippen molar-refractivity contribution in [3.05, 3.63) is 23.8 Å². The molecule has 0 saturated carbocycles. The first-order chi connectivity index (χ1) is 10.6. The molecule has 22 heavy (non-hydrogen) atoms. The summed E-state index contributed by atoms with van der Waals surface area (Å²) in [4.78, 5) is 13.2. The molecule has 0 saturated heterocycles. The van der Waals surface area contributed by atoms with Gasteiger partial charge in [-0.2, -0.15) is 0 Å². The smallest absolute Gasteiger partial charge is 0.335 e. The number of rotatable bonds is 11. The lowest BCUT2D eigenvalue weighted by molar-refractivity contribution is 0.0696. The molecule has 1 aromatic rings. The van der Waals surface area contributed by atoms with Crippen molar-refractivity contribution in [1.82, 2.24) is 4.90 Å². The fourth-order valence-electron chi connectivity index (χ4n) is 2.04. The molecule has 0 bridgehead atoms. The number of methoxy groups -OCH3 is 2. The van der Waals surface area contributed by atoms with Crippen LogP contribution in [0.3, 0.4) is 0 Å². The predicted octanol–water partition coefficient (Wildman–Crippen LogP) is 2.13. The zero-order valence-electron chi connectivity index (χ0n) is 13.5. The number of nitrogens with zero attached hydrogens (tertiary/aromatic N) is 1. The van der Waals surface area contributed by atoms with Crippen molar-refractivity contribution in [3.8, 4) is 11.5 Å². The topological polar surface area (TPSA) is 68.2 Å². The minimum Gasteiger partial charge on any atom is -0.493 e. The molecule has 0 aliphatic rings. The number of aromatic carboxylic acids is 1. The number of carboxylic acids is 1. The van der Waals surface area contributed by atoms with Crippen LogP contribution < -0.4 is 9.47 Å². The molecule has 0 heterocycles. The molecule has 6 nitrogen and oxygen atoms in total. The summed E-state index contributed by atoms with van der Waals surface area (Å²) < 4.78 is 15.9. The summed E-state index contributed by atoms with van der Waals surface area (Å²) in [6.45, 7) is 6.19. The van der Waals surface area contributed by atoms with E-state index in [0.29, 0.717) is 18.1 Å². The minimum absolute atomic E-state index is 0.181. The maximum Gasteiger partial charge on any atom is 0.335 e. The van der Waals surface area contributed by atoms with Gasteiger partial charge in [0.1, 0.15) is 0 Å². The summed E-state index contributed by atoms with van der Waals surface area (Å²) in [5.41, 5.74) is 0.181. The summed E-state index contributed by atoms with van der Waals surface area (Å²) in [6.07, 6.45) is 0.876. The van der Waals surface area contributed by atoms with Gasteiger partial charge in [0.25, 0.3) is 0 Å². The van der Waals surface area contributed by atoms with Crippen LogP contribution in [-0.4, -0.2) is 63.0 Å². The quantitative estimate of drug-likeness (QED) is 0.631. The number of carboxylic acid groups (broad SMARTS) is 1. The van der Waals surface area contributed by atoms with Crippen LogP contribution in [-0.2, 0) is 4.74 Å². The Labute approximate surface area is 131 Å². The zero-order chi connectivity index (χ0) is 16.4. The average Bonchev–Trinajstić information content (AvgIpc) is 2.54. The second-order valence-corrected chi connectivity index (χ2v) is 4.80. The van der Waals surface area contributed by atoms with Crippen LogP contribution in [0.25, 0.3) is 0 Å². The van der Waals surface area contributed by atoms with E-state index in [9.17, 15) is 4.79 Å². The Kier molecular flexibility index (Phi) is 8.32. The van der Waals surface area contributed by atoms with E-state index in [1.54, 1.807) is 13.2 Å². The number of likely N-dealkylation sites (N-methyl/N-ethyl adjacent to an activating group) is 1. The van der Waals surface area contributed by atoms with Crippen molar-refractivity contribution in [2.75, 3.05) is 47.1 Å². The normalized spacial score (nSPS) is 10.7. The summed E-state index contributed by atoms with van der Waals surface area (Å²) in [6, 6.07) is 4.61. The van der Waals surface area contributed by atoms with Gasteiger partial charge in [0, 0.05) is 20.2 Å². The molecule has 0 aliphatic carbocycles. The van der Waals surface area contributed by atoms with E-state index in [0.717, 1.165) is 32.7 Å². The Bertz CT molecular complexity index is 464. The van der Waals surface area contributed by atoms with Crippen molar-refractivity contribution in [3.63, 3.8) is 0 Å². The fourth-order valence-corrected chi connectivity index (χ4v) is 2.04. The molecular formula is C16H25NO5. The second-order valence-electron chi connectivity index (χ2n) is 4.80. The van der Waals surface area contributed by atoms with Gasteiger partial charge in [0.2, 0.25) is 0 Å². The van der Waals surface area contributed by atoms with Gasteiger partial charge in [0.05, 0.1) is 25.9 Å². The highest BCUT2D eigenvalue weighted by molar-refractivity contribution is 5.88. The second kappa shape index (κ2) is 10.0. The number of hydrogen-bond donors (Lipinski definition) is 1. The fraction of sp³-hybridized carbons (Fsp3) is 0.562. The highest BCUT2D eigenvalue weighted by Crippen LogP contribution is 2.28. The third kappa shape index (κ3) is 5.91. The number of carbonyl (C=O) groups is 1. The van der Waals surface area contributed by atoms with Crippen LogP contribution in [0.15, 0.2) is 18.2 Å². The first-order valence-electron chi connectivity index (χ1n) is 7.37. The van der Waals surface area contributed by atoms with Crippen molar-refractivity contribution >= 4 is 5.97 Å². The predicted molar refractivity (Wildman–Crippen MR) is 84.1 cm³/mol. The molecule has 0 atom stereocenters. The van der Waals surface area contributed by atoms with Crippen LogP contribution in [0.5, 0.6) is 11.5 Å². The third-order valence-corrected chi connectivity index (χ3v) is 3.35. The summed E-state index contributed by atoms with van der Waals surface area (Å²) in [7, 11) is 3.20. The monoisotopic (exact) mass is 311 g/mol. The summed E-state index contributed by atoms with van der Waals surface area (Å²) in [5.74, 6) is 0.0145. The number of ether oxygens (including phenoxy) is 3. The molecule has 0 aromatic heterocycles. The summed E-state index contributed by atoms with van der Waals surface area (Å²) in [5, 5.41) is 8.96. The van der Waals surface area contributed by atoms with E-state index in [4.69, 9.17) is 19.3 Å². The zero-order valence-corrected chi connectivity index (χ0v) is 13.5. The van der Waals surface area contributed by atoms with E-state index in [2.05, 4.69) is 11.8 Å². The lowest BCUT2D eigenvalue weighted by atomic mass is 10.2. The van der Waals surface area contributed by atoms with Gasteiger partial charge in [-0.3, -0.25) is 0 Å². The first kappa shape index (κ1) is 18.3. The van der Waals surface area contributed by atoms with Gasteiger partial charge < -0.3 is 24.2 Å². The molecular weight excluding hydrogens is 286 g/mol. The minimum atomic E-state index is -0.985. The SMILES string of the molecule is CCN(CCCOc1ccc(C(=O)O)cc1OC)CCOC. The molecule has 1 aromatic carbocycles. The van der Waals surface area contributed by atoms with Gasteiger partial charge >= 0.3 is 5.97 Å². The molecule has 0 fully saturated rings. The van der Waals surface area contributed by atoms with E-state index in [1.807, 2.05) is 0 Å². The van der Waals surface area contributed by atoms with E-state index in [1.165, 1.54) is 19.2 Å². The number of hydrogen-bond acceptors (Lipinski definition) is 5. The Morgan fingerprint density at radius 2 is 1.95 bits per heavy atom. The highest BCUT2D eigenvalue weighted by atomic mass is 16.5. The maximum absolute atomic E-state index is 10.9. The molecule has 6 heteroatoms. The van der Waals surface area contributed by atoms with Gasteiger partial charge in [-0.05, 0) is 31.2 Å². The molecule has 0 unspecified atom stereocenters. The highest BCUT2D eigenvalue weighted by Gasteiger charge is 2.10. The molecule has 0 spiro atoms. The average molecular weight is 311 g/mol. The Hall–Kier alpha value is -1.79. The lowest BCUT2D eigenvalue weighted by Crippen LogP contribution is -2.29. The van der Waals surface area contributed by atoms with Crippen LogP contribution in [0, 0.1) is 0 Å². The number of benzene rings is 1. The van der Waals surface area contributed by atoms with Gasteiger partial charge in [0.15, 0.2) is 11.5 Å². The van der Waals surface area contributed by atoms with Crippen LogP contribution in [0.1, 0.15) is 23.7 Å². The van der Waals surface area contributed by atoms with Crippen LogP contribution in [0.4, 0.5) is 0 Å². The molecule has 0 aliphatic heterocycles.